The Kier molecular flexibility index (Phi) is 7.98. The van der Waals surface area contributed by atoms with Gasteiger partial charge in [0.05, 0.1) is 36.4 Å². The van der Waals surface area contributed by atoms with Crippen LogP contribution < -0.4 is 14.4 Å². The van der Waals surface area contributed by atoms with Gasteiger partial charge in [0.2, 0.25) is 10.0 Å². The number of nitrogens with one attached hydrogen (secondary N) is 1. The maximum Gasteiger partial charge on any atom is 0.240 e. The average molecular weight is 512 g/mol. The number of ether oxygens (including phenoxy) is 2. The summed E-state index contributed by atoms with van der Waals surface area (Å²) in [5, 5.41) is 21.0. The Hall–Kier alpha value is -1.92. The first-order valence-corrected chi connectivity index (χ1v) is 13.0. The highest BCUT2D eigenvalue weighted by molar-refractivity contribution is 7.89. The molecule has 2 fully saturated rings. The second-order valence-electron chi connectivity index (χ2n) is 8.38. The predicted octanol–water partition coefficient (Wildman–Crippen LogP) is 0.938. The number of para-hydroxylation sites is 2. The molecule has 2 aliphatic heterocycles. The molecule has 3 N–H and O–H groups in total. The monoisotopic (exact) mass is 511 g/mol. The zero-order valence-corrected chi connectivity index (χ0v) is 20.5. The van der Waals surface area contributed by atoms with Crippen LogP contribution in [-0.2, 0) is 14.8 Å². The van der Waals surface area contributed by atoms with Gasteiger partial charge in [0.1, 0.15) is 18.0 Å². The smallest absolute Gasteiger partial charge is 0.240 e. The van der Waals surface area contributed by atoms with Gasteiger partial charge in [-0.05, 0) is 36.4 Å². The molecule has 2 aromatic rings. The number of nitrogens with zero attached hydrogens (tertiary/aromatic N) is 2. The maximum absolute atomic E-state index is 12.7. The van der Waals surface area contributed by atoms with Gasteiger partial charge in [0.15, 0.2) is 0 Å². The lowest BCUT2D eigenvalue weighted by atomic mass is 10.0. The van der Waals surface area contributed by atoms with Crippen LogP contribution in [0.3, 0.4) is 0 Å². The van der Waals surface area contributed by atoms with E-state index in [0.717, 1.165) is 11.4 Å². The number of anilines is 1. The van der Waals surface area contributed by atoms with Crippen molar-refractivity contribution in [2.24, 2.45) is 0 Å². The summed E-state index contributed by atoms with van der Waals surface area (Å²) < 4.78 is 39.4. The summed E-state index contributed by atoms with van der Waals surface area (Å²) in [6.07, 6.45) is -2.33. The summed E-state index contributed by atoms with van der Waals surface area (Å²) in [4.78, 5) is 4.42. The summed E-state index contributed by atoms with van der Waals surface area (Å²) in [5.41, 5.74) is 1.01. The fourth-order valence-corrected chi connectivity index (χ4v) is 5.81. The number of piperazine rings is 1. The molecule has 0 saturated carbocycles. The molecule has 0 aromatic heterocycles. The quantitative estimate of drug-likeness (QED) is 0.480. The molecule has 0 spiro atoms. The number of benzene rings is 2. The molecule has 0 bridgehead atoms. The number of aliphatic hydroxyl groups excluding tert-OH is 2. The largest absolute Gasteiger partial charge is 0.495 e. The zero-order valence-electron chi connectivity index (χ0n) is 18.9. The Bertz CT molecular complexity index is 1060. The van der Waals surface area contributed by atoms with E-state index < -0.39 is 34.4 Å². The lowest BCUT2D eigenvalue weighted by Gasteiger charge is -2.41. The second kappa shape index (κ2) is 10.8. The van der Waals surface area contributed by atoms with Crippen molar-refractivity contribution >= 4 is 27.3 Å². The fourth-order valence-electron chi connectivity index (χ4n) is 4.64. The molecule has 0 aliphatic carbocycles. The summed E-state index contributed by atoms with van der Waals surface area (Å²) in [5.74, 6) is 0.801. The van der Waals surface area contributed by atoms with Crippen molar-refractivity contribution < 1.29 is 28.1 Å². The SMILES string of the molecule is COc1ccccc1N1CCN([C@@H]2[C@H](O)[C@H](CO)O[C@@H]2CNS(=O)(=O)c2ccc(Cl)cc2)CC1. The number of sulfonamides is 1. The number of halogens is 1. The molecule has 2 heterocycles. The first-order valence-electron chi connectivity index (χ1n) is 11.2. The third kappa shape index (κ3) is 5.33. The molecule has 34 heavy (non-hydrogen) atoms. The Morgan fingerprint density at radius 3 is 2.41 bits per heavy atom. The Morgan fingerprint density at radius 1 is 1.09 bits per heavy atom. The van der Waals surface area contributed by atoms with Gasteiger partial charge in [-0.25, -0.2) is 13.1 Å². The fraction of sp³-hybridized carbons (Fsp3) is 0.478. The van der Waals surface area contributed by atoms with Crippen LogP contribution in [0.2, 0.25) is 5.02 Å². The van der Waals surface area contributed by atoms with E-state index in [2.05, 4.69) is 14.5 Å². The van der Waals surface area contributed by atoms with Crippen LogP contribution in [0.15, 0.2) is 53.4 Å². The number of hydrogen-bond acceptors (Lipinski definition) is 8. The molecule has 186 valence electrons. The normalized spacial score (nSPS) is 26.1. The van der Waals surface area contributed by atoms with Gasteiger partial charge in [-0.1, -0.05) is 23.7 Å². The van der Waals surface area contributed by atoms with E-state index in [4.69, 9.17) is 21.1 Å². The van der Waals surface area contributed by atoms with Crippen LogP contribution in [0.1, 0.15) is 0 Å². The summed E-state index contributed by atoms with van der Waals surface area (Å²) >= 11 is 5.86. The van der Waals surface area contributed by atoms with Gasteiger partial charge in [-0.3, -0.25) is 4.90 Å². The molecule has 2 aliphatic rings. The van der Waals surface area contributed by atoms with Crippen molar-refractivity contribution in [3.63, 3.8) is 0 Å². The van der Waals surface area contributed by atoms with E-state index in [9.17, 15) is 18.6 Å². The number of aliphatic hydroxyl groups is 2. The zero-order chi connectivity index (χ0) is 24.3. The lowest BCUT2D eigenvalue weighted by Crippen LogP contribution is -2.57. The van der Waals surface area contributed by atoms with Crippen molar-refractivity contribution in [3.05, 3.63) is 53.6 Å². The topological polar surface area (TPSA) is 112 Å². The lowest BCUT2D eigenvalue weighted by molar-refractivity contribution is -0.0201. The molecule has 0 radical (unpaired) electrons. The van der Waals surface area contributed by atoms with Crippen LogP contribution in [0.4, 0.5) is 5.69 Å². The van der Waals surface area contributed by atoms with Crippen LogP contribution in [0.25, 0.3) is 0 Å². The Labute approximate surface area is 204 Å². The predicted molar refractivity (Wildman–Crippen MR) is 129 cm³/mol. The molecule has 2 saturated heterocycles. The molecule has 4 rings (SSSR count). The van der Waals surface area contributed by atoms with Crippen molar-refractivity contribution in [3.8, 4) is 5.75 Å². The Balaban J connectivity index is 1.44. The molecule has 4 atom stereocenters. The van der Waals surface area contributed by atoms with Gasteiger partial charge < -0.3 is 24.6 Å². The van der Waals surface area contributed by atoms with Crippen molar-refractivity contribution in [1.29, 1.82) is 0 Å². The number of rotatable bonds is 8. The van der Waals surface area contributed by atoms with Crippen molar-refractivity contribution in [2.45, 2.75) is 29.2 Å². The van der Waals surface area contributed by atoms with E-state index in [-0.39, 0.29) is 18.0 Å². The molecule has 11 heteroatoms. The molecule has 0 amide bonds. The van der Waals surface area contributed by atoms with Gasteiger partial charge >= 0.3 is 0 Å². The highest BCUT2D eigenvalue weighted by atomic mass is 35.5. The minimum atomic E-state index is -3.79. The minimum Gasteiger partial charge on any atom is -0.495 e. The molecule has 9 nitrogen and oxygen atoms in total. The van der Waals surface area contributed by atoms with Crippen LogP contribution in [-0.4, -0.2) is 94.3 Å². The first kappa shape index (κ1) is 25.2. The second-order valence-corrected chi connectivity index (χ2v) is 10.6. The van der Waals surface area contributed by atoms with Crippen molar-refractivity contribution in [2.75, 3.05) is 51.3 Å². The Morgan fingerprint density at radius 2 is 1.76 bits per heavy atom. The van der Waals surface area contributed by atoms with E-state index in [1.54, 1.807) is 7.11 Å². The van der Waals surface area contributed by atoms with Crippen LogP contribution >= 0.6 is 11.6 Å². The molecular formula is C23H30ClN3O6S. The molecule has 0 unspecified atom stereocenters. The van der Waals surface area contributed by atoms with Gasteiger partial charge in [-0.2, -0.15) is 0 Å². The van der Waals surface area contributed by atoms with Gasteiger partial charge in [-0.15, -0.1) is 0 Å². The summed E-state index contributed by atoms with van der Waals surface area (Å²) in [6.45, 7) is 2.31. The highest BCUT2D eigenvalue weighted by Gasteiger charge is 2.47. The number of hydrogen-bond donors (Lipinski definition) is 3. The standard InChI is InChI=1S/C23H30ClN3O6S/c1-32-19-5-3-2-4-18(19)26-10-12-27(13-11-26)22-20(33-21(15-28)23(22)29)14-25-34(30,31)17-8-6-16(24)7-9-17/h2-9,20-23,25,28-29H,10-15H2,1H3/t20-,21+,22+,23-/m1/s1. The van der Waals surface area contributed by atoms with Crippen molar-refractivity contribution in [1.82, 2.24) is 9.62 Å². The summed E-state index contributed by atoms with van der Waals surface area (Å²) in [6, 6.07) is 13.3. The third-order valence-electron chi connectivity index (χ3n) is 6.40. The molecule has 2 aromatic carbocycles. The highest BCUT2D eigenvalue weighted by Crippen LogP contribution is 2.31. The van der Waals surface area contributed by atoms with Gasteiger partial charge in [0, 0.05) is 37.7 Å². The minimum absolute atomic E-state index is 0.0318. The summed E-state index contributed by atoms with van der Waals surface area (Å²) in [7, 11) is -2.14. The van der Waals surface area contributed by atoms with Crippen LogP contribution in [0.5, 0.6) is 5.75 Å². The van der Waals surface area contributed by atoms with E-state index in [1.165, 1.54) is 24.3 Å². The number of methoxy groups -OCH3 is 1. The third-order valence-corrected chi connectivity index (χ3v) is 8.09. The van der Waals surface area contributed by atoms with Crippen LogP contribution in [0, 0.1) is 0 Å². The maximum atomic E-state index is 12.7. The van der Waals surface area contributed by atoms with Gasteiger partial charge in [0.25, 0.3) is 0 Å². The van der Waals surface area contributed by atoms with E-state index in [0.29, 0.717) is 31.2 Å². The average Bonchev–Trinajstić information content (AvgIpc) is 3.18. The van der Waals surface area contributed by atoms with E-state index in [1.807, 2.05) is 24.3 Å². The first-order chi connectivity index (χ1) is 16.3. The molecular weight excluding hydrogens is 482 g/mol. The van der Waals surface area contributed by atoms with E-state index >= 15 is 0 Å².